The van der Waals surface area contributed by atoms with Crippen molar-refractivity contribution in [2.75, 3.05) is 18.6 Å². The highest BCUT2D eigenvalue weighted by Crippen LogP contribution is 2.12. The fourth-order valence-corrected chi connectivity index (χ4v) is 4.02. The Morgan fingerprint density at radius 3 is 1.95 bits per heavy atom. The predicted octanol–water partition coefficient (Wildman–Crippen LogP) is -0.211. The molecule has 206 valence electrons. The fourth-order valence-electron chi connectivity index (χ4n) is 3.55. The number of nitrogens with two attached hydrogens (primary N) is 1. The Morgan fingerprint density at radius 2 is 1.37 bits per heavy atom. The molecular weight excluding hydrogens is 512 g/mol. The van der Waals surface area contributed by atoms with E-state index >= 15 is 0 Å². The number of aliphatic carboxylic acids is 1. The molecule has 0 spiro atoms. The molecule has 0 aromatic heterocycles. The van der Waals surface area contributed by atoms with Gasteiger partial charge in [0.25, 0.3) is 0 Å². The molecule has 0 fully saturated rings. The molecule has 8 N–H and O–H groups in total. The Balaban J connectivity index is 2.03. The highest BCUT2D eigenvalue weighted by molar-refractivity contribution is 7.98. The lowest BCUT2D eigenvalue weighted by Crippen LogP contribution is -2.58. The molecule has 4 unspecified atom stereocenters. The van der Waals surface area contributed by atoms with Crippen LogP contribution in [0.4, 0.5) is 0 Å². The number of carbonyl (C=O) groups excluding carboxylic acids is 3. The molecule has 38 heavy (non-hydrogen) atoms. The molecule has 2 rings (SSSR count). The van der Waals surface area contributed by atoms with Crippen LogP contribution in [0, 0.1) is 0 Å². The number of rotatable bonds is 15. The quantitative estimate of drug-likeness (QED) is 0.158. The summed E-state index contributed by atoms with van der Waals surface area (Å²) >= 11 is 1.43. The minimum Gasteiger partial charge on any atom is -0.508 e. The fraction of sp³-hybridized carbons (Fsp3) is 0.385. The van der Waals surface area contributed by atoms with Gasteiger partial charge in [0.05, 0.1) is 12.6 Å². The number of aromatic hydroxyl groups is 1. The number of nitrogens with one attached hydrogen (secondary N) is 3. The van der Waals surface area contributed by atoms with Gasteiger partial charge in [0.15, 0.2) is 0 Å². The van der Waals surface area contributed by atoms with Gasteiger partial charge < -0.3 is 37.0 Å². The number of phenolic OH excluding ortho intramolecular Hbond substituents is 1. The standard InChI is InChI=1S/C26H34N4O7S/c1-38-12-11-20(24(34)29-21(26(36)37)14-17-7-9-18(32)10-8-17)28-25(35)22(15-31)30-23(33)19(27)13-16-5-3-2-4-6-16/h2-10,19-22,31-32H,11-15,27H2,1H3,(H,28,35)(H,29,34)(H,30,33)(H,36,37). The number of hydrogen-bond acceptors (Lipinski definition) is 8. The first-order valence-corrected chi connectivity index (χ1v) is 13.3. The second kappa shape index (κ2) is 15.6. The monoisotopic (exact) mass is 546 g/mol. The molecule has 0 saturated heterocycles. The number of thioether (sulfide) groups is 1. The van der Waals surface area contributed by atoms with Gasteiger partial charge in [-0.25, -0.2) is 4.79 Å². The Bertz CT molecular complexity index is 1070. The summed E-state index contributed by atoms with van der Waals surface area (Å²) in [5.41, 5.74) is 7.37. The average molecular weight is 547 g/mol. The highest BCUT2D eigenvalue weighted by atomic mass is 32.2. The van der Waals surface area contributed by atoms with Crippen LogP contribution >= 0.6 is 11.8 Å². The van der Waals surface area contributed by atoms with Gasteiger partial charge in [0.1, 0.15) is 23.9 Å². The lowest BCUT2D eigenvalue weighted by Gasteiger charge is -2.24. The molecule has 0 heterocycles. The zero-order chi connectivity index (χ0) is 28.1. The number of carbonyl (C=O) groups is 4. The maximum atomic E-state index is 13.0. The van der Waals surface area contributed by atoms with E-state index in [-0.39, 0.29) is 25.0 Å². The van der Waals surface area contributed by atoms with Crippen molar-refractivity contribution in [2.45, 2.75) is 43.4 Å². The Labute approximate surface area is 225 Å². The normalized spacial score (nSPS) is 14.0. The van der Waals surface area contributed by atoms with Gasteiger partial charge >= 0.3 is 5.97 Å². The van der Waals surface area contributed by atoms with Crippen LogP contribution in [-0.2, 0) is 32.0 Å². The minimum absolute atomic E-state index is 0.0241. The molecule has 12 heteroatoms. The largest absolute Gasteiger partial charge is 0.508 e. The van der Waals surface area contributed by atoms with Gasteiger partial charge in [-0.1, -0.05) is 42.5 Å². The molecule has 0 aliphatic carbocycles. The lowest BCUT2D eigenvalue weighted by molar-refractivity contribution is -0.142. The number of amides is 3. The molecule has 0 saturated carbocycles. The summed E-state index contributed by atoms with van der Waals surface area (Å²) in [5.74, 6) is -2.94. The van der Waals surface area contributed by atoms with Crippen LogP contribution in [0.15, 0.2) is 54.6 Å². The van der Waals surface area contributed by atoms with Crippen molar-refractivity contribution in [3.8, 4) is 5.75 Å². The molecule has 2 aromatic carbocycles. The van der Waals surface area contributed by atoms with Crippen LogP contribution in [0.25, 0.3) is 0 Å². The Morgan fingerprint density at radius 1 is 0.816 bits per heavy atom. The summed E-state index contributed by atoms with van der Waals surface area (Å²) < 4.78 is 0. The second-order valence-corrected chi connectivity index (χ2v) is 9.64. The SMILES string of the molecule is CSCCC(NC(=O)C(CO)NC(=O)C(N)Cc1ccccc1)C(=O)NC(Cc1ccc(O)cc1)C(=O)O. The van der Waals surface area contributed by atoms with Crippen molar-refractivity contribution < 1.29 is 34.5 Å². The zero-order valence-electron chi connectivity index (χ0n) is 21.0. The van der Waals surface area contributed by atoms with Gasteiger partial charge in [-0.3, -0.25) is 14.4 Å². The maximum Gasteiger partial charge on any atom is 0.326 e. The summed E-state index contributed by atoms with van der Waals surface area (Å²) in [5, 5.41) is 36.1. The number of aliphatic hydroxyl groups excluding tert-OH is 1. The second-order valence-electron chi connectivity index (χ2n) is 8.65. The molecule has 0 aliphatic rings. The molecule has 0 bridgehead atoms. The smallest absolute Gasteiger partial charge is 0.326 e. The first-order valence-electron chi connectivity index (χ1n) is 12.0. The van der Waals surface area contributed by atoms with Crippen LogP contribution in [0.2, 0.25) is 0 Å². The average Bonchev–Trinajstić information content (AvgIpc) is 2.90. The molecule has 3 amide bonds. The third-order valence-corrected chi connectivity index (χ3v) is 6.33. The molecular formula is C26H34N4O7S. The molecule has 2 aromatic rings. The van der Waals surface area contributed by atoms with Crippen LogP contribution in [0.3, 0.4) is 0 Å². The minimum atomic E-state index is -1.36. The summed E-state index contributed by atoms with van der Waals surface area (Å²) in [4.78, 5) is 50.2. The van der Waals surface area contributed by atoms with Crippen LogP contribution in [0.5, 0.6) is 5.75 Å². The third-order valence-electron chi connectivity index (χ3n) is 5.69. The Hall–Kier alpha value is -3.61. The van der Waals surface area contributed by atoms with Crippen LogP contribution in [0.1, 0.15) is 17.5 Å². The molecule has 11 nitrogen and oxygen atoms in total. The molecule has 0 radical (unpaired) electrons. The number of aliphatic hydroxyl groups is 1. The molecule has 0 aliphatic heterocycles. The van der Waals surface area contributed by atoms with E-state index in [4.69, 9.17) is 5.73 Å². The number of hydrogen-bond donors (Lipinski definition) is 7. The van der Waals surface area contributed by atoms with Gasteiger partial charge in [0.2, 0.25) is 17.7 Å². The lowest BCUT2D eigenvalue weighted by atomic mass is 10.0. The van der Waals surface area contributed by atoms with Gasteiger partial charge in [-0.05, 0) is 48.1 Å². The third kappa shape index (κ3) is 10.0. The van der Waals surface area contributed by atoms with E-state index in [1.54, 1.807) is 12.1 Å². The molecule has 4 atom stereocenters. The van der Waals surface area contributed by atoms with Crippen molar-refractivity contribution in [1.29, 1.82) is 0 Å². The maximum absolute atomic E-state index is 13.0. The van der Waals surface area contributed by atoms with E-state index in [2.05, 4.69) is 16.0 Å². The number of carboxylic acid groups (broad SMARTS) is 1. The summed E-state index contributed by atoms with van der Waals surface area (Å²) in [7, 11) is 0. The highest BCUT2D eigenvalue weighted by Gasteiger charge is 2.30. The summed E-state index contributed by atoms with van der Waals surface area (Å²) in [6, 6.07) is 10.2. The van der Waals surface area contributed by atoms with E-state index < -0.39 is 54.5 Å². The van der Waals surface area contributed by atoms with Crippen LogP contribution < -0.4 is 21.7 Å². The van der Waals surface area contributed by atoms with E-state index in [0.29, 0.717) is 11.3 Å². The number of phenols is 1. The van der Waals surface area contributed by atoms with Gasteiger partial charge in [-0.15, -0.1) is 0 Å². The zero-order valence-corrected chi connectivity index (χ0v) is 21.8. The van der Waals surface area contributed by atoms with E-state index in [1.807, 2.05) is 36.6 Å². The van der Waals surface area contributed by atoms with E-state index in [9.17, 15) is 34.5 Å². The predicted molar refractivity (Wildman–Crippen MR) is 143 cm³/mol. The van der Waals surface area contributed by atoms with Crippen molar-refractivity contribution in [3.63, 3.8) is 0 Å². The Kier molecular flexibility index (Phi) is 12.6. The summed E-state index contributed by atoms with van der Waals surface area (Å²) in [6.07, 6.45) is 2.18. The number of benzene rings is 2. The van der Waals surface area contributed by atoms with Crippen molar-refractivity contribution in [1.82, 2.24) is 16.0 Å². The number of carboxylic acids is 1. The van der Waals surface area contributed by atoms with Crippen molar-refractivity contribution in [3.05, 3.63) is 65.7 Å². The first kappa shape index (κ1) is 30.6. The van der Waals surface area contributed by atoms with Crippen molar-refractivity contribution in [2.24, 2.45) is 5.73 Å². The summed E-state index contributed by atoms with van der Waals surface area (Å²) in [6.45, 7) is -0.731. The first-order chi connectivity index (χ1) is 18.1. The topological polar surface area (TPSA) is 191 Å². The van der Waals surface area contributed by atoms with Crippen molar-refractivity contribution >= 4 is 35.5 Å². The van der Waals surface area contributed by atoms with E-state index in [0.717, 1.165) is 5.56 Å². The van der Waals surface area contributed by atoms with Gasteiger partial charge in [0, 0.05) is 6.42 Å². The van der Waals surface area contributed by atoms with Gasteiger partial charge in [-0.2, -0.15) is 11.8 Å². The van der Waals surface area contributed by atoms with Crippen LogP contribution in [-0.4, -0.2) is 81.8 Å². The van der Waals surface area contributed by atoms with E-state index in [1.165, 1.54) is 23.9 Å².